The minimum Gasteiger partial charge on any atom is -0.510 e. The van der Waals surface area contributed by atoms with Gasteiger partial charge in [-0.05, 0) is 168 Å². The van der Waals surface area contributed by atoms with Crippen LogP contribution in [0.2, 0.25) is 0 Å². The average molecular weight is 1500 g/mol. The van der Waals surface area contributed by atoms with E-state index in [1.54, 1.807) is 22.8 Å². The maximum absolute atomic E-state index is 10.3. The van der Waals surface area contributed by atoms with Gasteiger partial charge in [0, 0.05) is 44.3 Å². The molecule has 0 amide bonds. The normalized spacial score (nSPS) is 16.2. The molecule has 4 heterocycles. The van der Waals surface area contributed by atoms with Crippen LogP contribution in [0.15, 0.2) is 248 Å². The topological polar surface area (TPSA) is 35.9 Å². The van der Waals surface area contributed by atoms with Crippen molar-refractivity contribution in [2.45, 2.75) is 130 Å². The molecule has 0 unspecified atom stereocenters. The van der Waals surface area contributed by atoms with Gasteiger partial charge in [-0.1, -0.05) is 283 Å². The van der Waals surface area contributed by atoms with Crippen molar-refractivity contribution in [3.63, 3.8) is 0 Å². The third kappa shape index (κ3) is 11.1. The van der Waals surface area contributed by atoms with E-state index in [4.69, 9.17) is 13.8 Å². The Balaban J connectivity index is 0.0000102. The standard InChI is InChI=1S/C92H84N4OSi.Pt/c1-88(2,3)61-42-40-60(41-43-61)75-50-63(90(7,8)9)51-78-77-58-81-80(91(10,11)47-48-92(81,12)13)57-76(77)71-36-23-24-37-72(71)79-55-70(98(67-30-17-14-18-31-67,68-32-19-15-20-33-68)69-34-21-16-22-35-69)56-84-87(79)95(86(75)78)59-94(84)64-28-27-29-65(53-64)97-66-44-45-74-73-38-25-26-39-82(73)96(83(74)54-66)85-52-62(46-49-93-85)89(4,5)6;/h14-46,49-52,55-58H,47-48H2,1-13H3;/q-2;/i14D,15D,16D,17D,18D,19D,20D,21D,22D,30D,31D,32D,33D,34D,35D;. The van der Waals surface area contributed by atoms with E-state index >= 15 is 0 Å². The number of hydrogen-bond acceptors (Lipinski definition) is 2. The van der Waals surface area contributed by atoms with Gasteiger partial charge in [-0.3, -0.25) is 4.57 Å². The predicted octanol–water partition coefficient (Wildman–Crippen LogP) is 20.2. The van der Waals surface area contributed by atoms with Gasteiger partial charge in [0.2, 0.25) is 0 Å². The van der Waals surface area contributed by atoms with Crippen LogP contribution < -0.4 is 30.1 Å². The van der Waals surface area contributed by atoms with Gasteiger partial charge in [-0.15, -0.1) is 29.7 Å². The smallest absolute Gasteiger partial charge is 0.268 e. The Labute approximate surface area is 621 Å². The van der Waals surface area contributed by atoms with Crippen molar-refractivity contribution in [1.29, 1.82) is 0 Å². The van der Waals surface area contributed by atoms with Gasteiger partial charge in [-0.2, -0.15) is 18.2 Å². The first-order valence-electron chi connectivity index (χ1n) is 41.2. The van der Waals surface area contributed by atoms with Gasteiger partial charge in [0.25, 0.3) is 6.33 Å². The van der Waals surface area contributed by atoms with Crippen LogP contribution in [-0.4, -0.2) is 22.2 Å². The van der Waals surface area contributed by atoms with E-state index in [-0.39, 0.29) is 59.2 Å². The minimum absolute atomic E-state index is 0. The number of rotatable bonds is 9. The zero-order valence-electron chi connectivity index (χ0n) is 72.9. The second-order valence-corrected chi connectivity index (χ2v) is 34.3. The third-order valence-corrected chi connectivity index (χ3v) is 24.6. The first-order chi connectivity index (χ1) is 53.2. The van der Waals surface area contributed by atoms with Gasteiger partial charge in [0.15, 0.2) is 8.07 Å². The van der Waals surface area contributed by atoms with Crippen molar-refractivity contribution in [3.05, 3.63) is 295 Å². The van der Waals surface area contributed by atoms with Crippen LogP contribution in [-0.2, 0) is 48.1 Å². The summed E-state index contributed by atoms with van der Waals surface area (Å²) < 4.78 is 159. The molecule has 1 aliphatic carbocycles. The van der Waals surface area contributed by atoms with Crippen molar-refractivity contribution in [2.75, 3.05) is 0 Å². The summed E-state index contributed by atoms with van der Waals surface area (Å²) in [5.74, 6) is 1.27. The Bertz CT molecular complexity index is 6190. The van der Waals surface area contributed by atoms with Crippen molar-refractivity contribution in [3.8, 4) is 73.2 Å². The molecule has 0 saturated heterocycles. The second-order valence-electron chi connectivity index (χ2n) is 30.8. The molecule has 0 saturated carbocycles. The molecule has 7 heteroatoms. The Kier molecular flexibility index (Phi) is 12.2. The van der Waals surface area contributed by atoms with Crippen LogP contribution in [0.4, 0.5) is 0 Å². The number of aromatic nitrogens is 4. The van der Waals surface area contributed by atoms with Crippen LogP contribution in [0, 0.1) is 18.5 Å². The molecule has 0 bridgehead atoms. The number of nitrogens with zero attached hydrogens (tertiary/aromatic N) is 4. The van der Waals surface area contributed by atoms with E-state index in [1.807, 2.05) is 71.4 Å². The van der Waals surface area contributed by atoms with Gasteiger partial charge in [0.05, 0.1) is 37.3 Å². The Morgan fingerprint density at radius 1 is 0.475 bits per heavy atom. The molecule has 11 aromatic carbocycles. The number of pyridine rings is 1. The number of fused-ring (bicyclic) bond motifs is 11. The molecule has 2 aliphatic rings. The van der Waals surface area contributed by atoms with E-state index in [1.165, 1.54) is 5.56 Å². The summed E-state index contributed by atoms with van der Waals surface area (Å²) in [4.78, 5) is 4.92. The van der Waals surface area contributed by atoms with Crippen molar-refractivity contribution in [2.24, 2.45) is 0 Å². The fraction of sp³-hybridized carbons (Fsp3) is 0.217. The van der Waals surface area contributed by atoms with E-state index in [2.05, 4.69) is 186 Å². The maximum atomic E-state index is 10.3. The summed E-state index contributed by atoms with van der Waals surface area (Å²) in [6.45, 7) is 28.8. The molecular formula is C92H84N4OPtSi-2. The first-order valence-corrected chi connectivity index (χ1v) is 35.7. The van der Waals surface area contributed by atoms with Crippen molar-refractivity contribution >= 4 is 61.7 Å². The fourth-order valence-electron chi connectivity index (χ4n) is 14.9. The summed E-state index contributed by atoms with van der Waals surface area (Å²) in [5, 5.41) is -0.0278. The summed E-state index contributed by atoms with van der Waals surface area (Å²) in [6, 6.07) is 45.0. The quantitative estimate of drug-likeness (QED) is 0.0625. The number of benzene rings is 11. The Morgan fingerprint density at radius 3 is 1.64 bits per heavy atom. The molecule has 0 N–H and O–H groups in total. The van der Waals surface area contributed by atoms with Crippen LogP contribution in [0.25, 0.3) is 94.5 Å². The molecule has 99 heavy (non-hydrogen) atoms. The Hall–Kier alpha value is -9.45. The van der Waals surface area contributed by atoms with Gasteiger partial charge in [-0.25, -0.2) is 4.98 Å². The van der Waals surface area contributed by atoms with E-state index in [9.17, 15) is 16.4 Å². The zero-order valence-corrected chi connectivity index (χ0v) is 61.2. The molecule has 5 nitrogen and oxygen atoms in total. The molecule has 0 fully saturated rings. The Morgan fingerprint density at radius 2 is 1.03 bits per heavy atom. The molecule has 0 spiro atoms. The number of imidazole rings is 1. The van der Waals surface area contributed by atoms with Crippen LogP contribution in [0.5, 0.6) is 11.5 Å². The fourth-order valence-corrected chi connectivity index (χ4v) is 18.8. The number of ether oxygens (including phenoxy) is 1. The maximum Gasteiger partial charge on any atom is 0.268 e. The van der Waals surface area contributed by atoms with E-state index in [0.29, 0.717) is 45.1 Å². The molecule has 3 aromatic heterocycles. The number of hydrogen-bond donors (Lipinski definition) is 0. The summed E-state index contributed by atoms with van der Waals surface area (Å²) in [7, 11) is -5.87. The predicted molar refractivity (Wildman–Crippen MR) is 410 cm³/mol. The van der Waals surface area contributed by atoms with Gasteiger partial charge in [0.1, 0.15) is 5.82 Å². The minimum atomic E-state index is -5.87. The van der Waals surface area contributed by atoms with E-state index in [0.717, 1.165) is 84.8 Å². The largest absolute Gasteiger partial charge is 0.510 e. The molecule has 1 aliphatic heterocycles. The summed E-state index contributed by atoms with van der Waals surface area (Å²) in [6.07, 6.45) is 7.56. The third-order valence-electron chi connectivity index (χ3n) is 20.5. The molecule has 0 radical (unpaired) electrons. The monoisotopic (exact) mass is 1500 g/mol. The molecular weight excluding hydrogens is 1400 g/mol. The van der Waals surface area contributed by atoms with Crippen molar-refractivity contribution in [1.82, 2.24) is 14.1 Å². The second kappa shape index (κ2) is 24.2. The van der Waals surface area contributed by atoms with Gasteiger partial charge >= 0.3 is 0 Å². The first kappa shape index (κ1) is 50.0. The molecule has 14 aromatic rings. The van der Waals surface area contributed by atoms with Crippen LogP contribution in [0.1, 0.15) is 151 Å². The number of para-hydroxylation sites is 1. The van der Waals surface area contributed by atoms with Crippen molar-refractivity contribution < 1.29 is 50.9 Å². The molecule has 16 rings (SSSR count). The van der Waals surface area contributed by atoms with Crippen LogP contribution in [0.3, 0.4) is 0 Å². The summed E-state index contributed by atoms with van der Waals surface area (Å²) in [5.41, 5.74) is 13.5. The average Bonchev–Trinajstić information content (AvgIpc) is 0.721. The summed E-state index contributed by atoms with van der Waals surface area (Å²) >= 11 is 0. The van der Waals surface area contributed by atoms with Crippen LogP contribution >= 0.6 is 0 Å². The SMILES string of the molecule is [2H]c1c([2H])c([2H])c([Si](c2cc3c4c(c2)n(-c2[c-]c(Oc5[c-]c6c(cc5)c5ccccc5n6-c5cc(C(C)(C)C)ccn5)ccc2)[c-][n+]4-c2c(-c4ccc(C(C)(C)C)cc4)cc(C(C)(C)C)cc2-c2cc4c(cc2-c2ccccc2-3)C(C)(C)CCC4(C)C)(c2c([2H])c([2H])c([2H])c([2H])c2[2H])c2c([2H])c([2H])c([2H])c([2H])c2[2H])c([2H])c1[2H].[Pt]. The molecule has 0 atom stereocenters. The van der Waals surface area contributed by atoms with Gasteiger partial charge < -0.3 is 13.9 Å². The zero-order chi connectivity index (χ0) is 80.9. The van der Waals surface area contributed by atoms with E-state index < -0.39 is 120 Å². The molecule has 494 valence electrons.